The molecule has 2 bridgehead atoms. The highest BCUT2D eigenvalue weighted by Gasteiger charge is 2.50. The molecule has 1 aromatic heterocycles. The van der Waals surface area contributed by atoms with E-state index in [0.29, 0.717) is 39.1 Å². The van der Waals surface area contributed by atoms with E-state index in [1.807, 2.05) is 25.1 Å². The Morgan fingerprint density at radius 2 is 1.91 bits per heavy atom. The molecule has 1 aromatic carbocycles. The molecular formula is C23H27Cl2N3O4S. The molecule has 2 fully saturated rings. The summed E-state index contributed by atoms with van der Waals surface area (Å²) in [6.07, 6.45) is 3.58. The lowest BCUT2D eigenvalue weighted by Crippen LogP contribution is -2.55. The predicted octanol–water partition coefficient (Wildman–Crippen LogP) is 4.00. The maximum atomic E-state index is 13.9. The van der Waals surface area contributed by atoms with Crippen LogP contribution in [0.1, 0.15) is 31.9 Å². The van der Waals surface area contributed by atoms with Gasteiger partial charge < -0.3 is 9.64 Å². The number of fused-ring (bicyclic) bond motifs is 2. The average Bonchev–Trinajstić information content (AvgIpc) is 2.85. The molecule has 0 N–H and O–H groups in total. The standard InChI is InChI=1S/C23H27Cl2N3O4S/c1-2-32-15-16-13-27(14-19-6-3-4-9-26-19)23(29)22-8-5-7-21(16)28(22)33(30,31)20-11-17(24)10-18(25)12-20/h3-4,6,9-12,16,21-22H,2,5,7-8,13-15H2,1H3. The van der Waals surface area contributed by atoms with Crippen molar-refractivity contribution in [1.29, 1.82) is 0 Å². The molecule has 178 valence electrons. The third kappa shape index (κ3) is 5.20. The highest BCUT2D eigenvalue weighted by atomic mass is 35.5. The van der Waals surface area contributed by atoms with E-state index in [1.165, 1.54) is 22.5 Å². The Hall–Kier alpha value is -1.71. The Bertz CT molecular complexity index is 1080. The first-order valence-corrected chi connectivity index (χ1v) is 13.3. The Kier molecular flexibility index (Phi) is 7.60. The van der Waals surface area contributed by atoms with Gasteiger partial charge in [0.15, 0.2) is 0 Å². The highest BCUT2D eigenvalue weighted by molar-refractivity contribution is 7.89. The van der Waals surface area contributed by atoms with E-state index in [9.17, 15) is 13.2 Å². The van der Waals surface area contributed by atoms with Gasteiger partial charge in [-0.3, -0.25) is 9.78 Å². The average molecular weight is 512 g/mol. The third-order valence-electron chi connectivity index (χ3n) is 6.23. The SMILES string of the molecule is CCOCC1CN(Cc2ccccn2)C(=O)C2CCCC1N2S(=O)(=O)c1cc(Cl)cc(Cl)c1. The number of halogens is 2. The monoisotopic (exact) mass is 511 g/mol. The number of nitrogens with zero attached hydrogens (tertiary/aromatic N) is 3. The summed E-state index contributed by atoms with van der Waals surface area (Å²) in [7, 11) is -4.03. The summed E-state index contributed by atoms with van der Waals surface area (Å²) in [6.45, 7) is 3.50. The topological polar surface area (TPSA) is 79.8 Å². The van der Waals surface area contributed by atoms with E-state index in [-0.39, 0.29) is 32.8 Å². The quantitative estimate of drug-likeness (QED) is 0.561. The molecule has 4 rings (SSSR count). The lowest BCUT2D eigenvalue weighted by Gasteiger charge is -2.40. The number of ether oxygens (including phenoxy) is 1. The molecule has 2 aliphatic rings. The van der Waals surface area contributed by atoms with Crippen LogP contribution >= 0.6 is 23.2 Å². The van der Waals surface area contributed by atoms with E-state index in [1.54, 1.807) is 11.1 Å². The van der Waals surface area contributed by atoms with Crippen LogP contribution in [-0.2, 0) is 26.1 Å². The van der Waals surface area contributed by atoms with Gasteiger partial charge in [-0.1, -0.05) is 29.3 Å². The molecule has 0 spiro atoms. The molecule has 33 heavy (non-hydrogen) atoms. The molecule has 3 heterocycles. The van der Waals surface area contributed by atoms with Crippen LogP contribution in [0, 0.1) is 5.92 Å². The van der Waals surface area contributed by atoms with Crippen molar-refractivity contribution in [2.75, 3.05) is 19.8 Å². The van der Waals surface area contributed by atoms with E-state index in [0.717, 1.165) is 12.1 Å². The zero-order valence-corrected chi connectivity index (χ0v) is 20.7. The maximum Gasteiger partial charge on any atom is 0.244 e. The summed E-state index contributed by atoms with van der Waals surface area (Å²) < 4.78 is 34.9. The number of aromatic nitrogens is 1. The molecule has 10 heteroatoms. The second-order valence-corrected chi connectivity index (χ2v) is 11.1. The highest BCUT2D eigenvalue weighted by Crippen LogP contribution is 2.38. The Morgan fingerprint density at radius 3 is 2.58 bits per heavy atom. The second-order valence-electron chi connectivity index (χ2n) is 8.41. The van der Waals surface area contributed by atoms with Gasteiger partial charge in [0.05, 0.1) is 23.7 Å². The van der Waals surface area contributed by atoms with E-state index < -0.39 is 16.1 Å². The molecular weight excluding hydrogens is 485 g/mol. The molecule has 3 unspecified atom stereocenters. The fraction of sp³-hybridized carbons (Fsp3) is 0.478. The molecule has 3 atom stereocenters. The van der Waals surface area contributed by atoms with Crippen molar-refractivity contribution in [3.05, 3.63) is 58.3 Å². The zero-order valence-electron chi connectivity index (χ0n) is 18.4. The summed E-state index contributed by atoms with van der Waals surface area (Å²) in [5.74, 6) is -0.381. The van der Waals surface area contributed by atoms with Crippen LogP contribution in [0.15, 0.2) is 47.5 Å². The van der Waals surface area contributed by atoms with Crippen molar-refractivity contribution in [2.45, 2.75) is 49.7 Å². The van der Waals surface area contributed by atoms with Crippen molar-refractivity contribution < 1.29 is 17.9 Å². The number of hydrogen-bond donors (Lipinski definition) is 0. The first-order valence-electron chi connectivity index (χ1n) is 11.1. The van der Waals surface area contributed by atoms with Gasteiger partial charge >= 0.3 is 0 Å². The van der Waals surface area contributed by atoms with Crippen LogP contribution in [-0.4, -0.2) is 60.4 Å². The van der Waals surface area contributed by atoms with Gasteiger partial charge in [-0.25, -0.2) is 8.42 Å². The molecule has 0 radical (unpaired) electrons. The van der Waals surface area contributed by atoms with Crippen molar-refractivity contribution in [3.8, 4) is 0 Å². The van der Waals surface area contributed by atoms with Gasteiger partial charge in [0.1, 0.15) is 6.04 Å². The number of rotatable bonds is 7. The van der Waals surface area contributed by atoms with Crippen LogP contribution in [0.25, 0.3) is 0 Å². The zero-order chi connectivity index (χ0) is 23.6. The number of carbonyl (C=O) groups excluding carboxylic acids is 1. The number of piperidine rings is 1. The van der Waals surface area contributed by atoms with Crippen LogP contribution in [0.5, 0.6) is 0 Å². The molecule has 1 amide bonds. The first-order chi connectivity index (χ1) is 15.8. The summed E-state index contributed by atoms with van der Waals surface area (Å²) in [5.41, 5.74) is 0.758. The molecule has 2 aliphatic heterocycles. The van der Waals surface area contributed by atoms with Gasteiger partial charge in [0.25, 0.3) is 0 Å². The van der Waals surface area contributed by atoms with Gasteiger partial charge in [-0.15, -0.1) is 0 Å². The molecule has 0 saturated carbocycles. The number of amides is 1. The van der Waals surface area contributed by atoms with Crippen molar-refractivity contribution in [3.63, 3.8) is 0 Å². The maximum absolute atomic E-state index is 13.9. The van der Waals surface area contributed by atoms with Gasteiger partial charge in [-0.05, 0) is 56.5 Å². The van der Waals surface area contributed by atoms with Gasteiger partial charge in [0, 0.05) is 41.4 Å². The van der Waals surface area contributed by atoms with Crippen molar-refractivity contribution >= 4 is 39.1 Å². The number of pyridine rings is 1. The summed E-state index contributed by atoms with van der Waals surface area (Å²) in [4.78, 5) is 19.8. The van der Waals surface area contributed by atoms with Gasteiger partial charge in [-0.2, -0.15) is 4.31 Å². The minimum absolute atomic E-state index is 0.00182. The normalized spacial score (nSPS) is 24.0. The largest absolute Gasteiger partial charge is 0.381 e. The smallest absolute Gasteiger partial charge is 0.244 e. The minimum Gasteiger partial charge on any atom is -0.381 e. The first kappa shape index (κ1) is 24.4. The van der Waals surface area contributed by atoms with E-state index in [2.05, 4.69) is 4.98 Å². The van der Waals surface area contributed by atoms with Gasteiger partial charge in [0.2, 0.25) is 15.9 Å². The van der Waals surface area contributed by atoms with Crippen molar-refractivity contribution in [1.82, 2.24) is 14.2 Å². The van der Waals surface area contributed by atoms with Crippen molar-refractivity contribution in [2.24, 2.45) is 5.92 Å². The Morgan fingerprint density at radius 1 is 1.15 bits per heavy atom. The minimum atomic E-state index is -4.03. The summed E-state index contributed by atoms with van der Waals surface area (Å²) in [5, 5.41) is 0.463. The summed E-state index contributed by atoms with van der Waals surface area (Å²) in [6, 6.07) is 8.67. The molecule has 2 aromatic rings. The second kappa shape index (κ2) is 10.3. The number of sulfonamides is 1. The number of carbonyl (C=O) groups is 1. The third-order valence-corrected chi connectivity index (χ3v) is 8.58. The lowest BCUT2D eigenvalue weighted by molar-refractivity contribution is -0.135. The fourth-order valence-electron chi connectivity index (χ4n) is 4.79. The number of hydrogen-bond acceptors (Lipinski definition) is 5. The van der Waals surface area contributed by atoms with Crippen LogP contribution in [0.2, 0.25) is 10.0 Å². The number of benzene rings is 1. The predicted molar refractivity (Wildman–Crippen MR) is 127 cm³/mol. The lowest BCUT2D eigenvalue weighted by atomic mass is 9.91. The Balaban J connectivity index is 1.76. The molecule has 2 saturated heterocycles. The van der Waals surface area contributed by atoms with E-state index in [4.69, 9.17) is 27.9 Å². The van der Waals surface area contributed by atoms with Crippen LogP contribution in [0.4, 0.5) is 0 Å². The fourth-order valence-corrected chi connectivity index (χ4v) is 7.41. The van der Waals surface area contributed by atoms with Crippen LogP contribution < -0.4 is 0 Å². The molecule has 7 nitrogen and oxygen atoms in total. The molecule has 0 aliphatic carbocycles. The van der Waals surface area contributed by atoms with Crippen LogP contribution in [0.3, 0.4) is 0 Å². The Labute approximate surface area is 204 Å². The van der Waals surface area contributed by atoms with E-state index >= 15 is 0 Å². The summed E-state index contributed by atoms with van der Waals surface area (Å²) >= 11 is 12.2.